The van der Waals surface area contributed by atoms with Gasteiger partial charge in [0.2, 0.25) is 5.91 Å². The molecular weight excluding hydrogens is 352 g/mol. The molecule has 6 heteroatoms. The van der Waals surface area contributed by atoms with Gasteiger partial charge in [0.05, 0.1) is 18.3 Å². The number of carbonyl (C=O) groups excluding carboxylic acids is 2. The van der Waals surface area contributed by atoms with Gasteiger partial charge in [-0.25, -0.2) is 0 Å². The molecule has 1 saturated carbocycles. The van der Waals surface area contributed by atoms with Crippen LogP contribution in [0.3, 0.4) is 0 Å². The Morgan fingerprint density at radius 3 is 2.64 bits per heavy atom. The Balaban J connectivity index is 1.58. The molecule has 6 nitrogen and oxygen atoms in total. The fourth-order valence-corrected chi connectivity index (χ4v) is 3.11. The lowest BCUT2D eigenvalue weighted by Crippen LogP contribution is -2.34. The molecule has 1 fully saturated rings. The van der Waals surface area contributed by atoms with Crippen LogP contribution in [0.1, 0.15) is 54.3 Å². The van der Waals surface area contributed by atoms with E-state index in [0.29, 0.717) is 17.3 Å². The lowest BCUT2D eigenvalue weighted by molar-refractivity contribution is -0.115. The van der Waals surface area contributed by atoms with Crippen molar-refractivity contribution in [2.45, 2.75) is 45.7 Å². The van der Waals surface area contributed by atoms with Crippen molar-refractivity contribution in [3.05, 3.63) is 59.4 Å². The first-order chi connectivity index (χ1) is 13.4. The average molecular weight is 380 g/mol. The number of benzene rings is 1. The van der Waals surface area contributed by atoms with E-state index in [1.165, 1.54) is 0 Å². The Morgan fingerprint density at radius 1 is 1.18 bits per heavy atom. The van der Waals surface area contributed by atoms with Gasteiger partial charge in [-0.3, -0.25) is 19.9 Å². The number of aryl methyl sites for hydroxylation is 1. The second kappa shape index (κ2) is 8.97. The quantitative estimate of drug-likeness (QED) is 0.657. The Hall–Kier alpha value is -2.73. The lowest BCUT2D eigenvalue weighted by atomic mass is 9.97. The van der Waals surface area contributed by atoms with Crippen LogP contribution in [0.2, 0.25) is 0 Å². The molecule has 148 valence electrons. The number of rotatable bonds is 8. The maximum atomic E-state index is 12.4. The van der Waals surface area contributed by atoms with Gasteiger partial charge in [-0.2, -0.15) is 0 Å². The molecule has 3 N–H and O–H groups in total. The molecule has 1 aliphatic rings. The monoisotopic (exact) mass is 380 g/mol. The van der Waals surface area contributed by atoms with Crippen molar-refractivity contribution in [1.82, 2.24) is 15.6 Å². The van der Waals surface area contributed by atoms with Crippen LogP contribution in [0.4, 0.5) is 5.69 Å². The fraction of sp³-hybridized carbons (Fsp3) is 0.409. The fourth-order valence-electron chi connectivity index (χ4n) is 3.11. The topological polar surface area (TPSA) is 83.1 Å². The molecule has 1 heterocycles. The minimum atomic E-state index is -0.154. The van der Waals surface area contributed by atoms with Gasteiger partial charge >= 0.3 is 0 Å². The first-order valence-corrected chi connectivity index (χ1v) is 9.79. The van der Waals surface area contributed by atoms with Crippen LogP contribution in [0.15, 0.2) is 42.6 Å². The normalized spacial score (nSPS) is 14.6. The first-order valence-electron chi connectivity index (χ1n) is 9.79. The van der Waals surface area contributed by atoms with Crippen molar-refractivity contribution in [2.24, 2.45) is 5.92 Å². The van der Waals surface area contributed by atoms with Crippen molar-refractivity contribution in [3.8, 4) is 0 Å². The predicted octanol–water partition coefficient (Wildman–Crippen LogP) is 3.21. The number of aromatic nitrogens is 1. The molecule has 2 aromatic rings. The number of amides is 2. The summed E-state index contributed by atoms with van der Waals surface area (Å²) in [5.41, 5.74) is 3.24. The highest BCUT2D eigenvalue weighted by Crippen LogP contribution is 2.22. The third-order valence-electron chi connectivity index (χ3n) is 4.81. The standard InChI is InChI=1S/C22H28N4O2/c1-14(2)20(21-15(3)6-5-11-23-21)24-13-19(27)25-18-8-4-7-16(12-18)22(28)26-17-9-10-17/h4-8,11-12,14,17,20,24H,9-10,13H2,1-3H3,(H,25,27)(H,26,28). The maximum Gasteiger partial charge on any atom is 0.251 e. The number of hydrogen-bond donors (Lipinski definition) is 3. The number of carbonyl (C=O) groups is 2. The summed E-state index contributed by atoms with van der Waals surface area (Å²) < 4.78 is 0. The van der Waals surface area contributed by atoms with Crippen molar-refractivity contribution in [1.29, 1.82) is 0 Å². The van der Waals surface area contributed by atoms with Gasteiger partial charge in [0.1, 0.15) is 0 Å². The molecule has 0 aliphatic heterocycles. The lowest BCUT2D eigenvalue weighted by Gasteiger charge is -2.23. The zero-order valence-corrected chi connectivity index (χ0v) is 16.7. The molecule has 0 saturated heterocycles. The number of hydrogen-bond acceptors (Lipinski definition) is 4. The summed E-state index contributed by atoms with van der Waals surface area (Å²) in [5.74, 6) is 0.0389. The highest BCUT2D eigenvalue weighted by atomic mass is 16.2. The number of nitrogens with one attached hydrogen (secondary N) is 3. The zero-order chi connectivity index (χ0) is 20.1. The van der Waals surface area contributed by atoms with Crippen molar-refractivity contribution >= 4 is 17.5 Å². The molecule has 2 amide bonds. The van der Waals surface area contributed by atoms with E-state index in [4.69, 9.17) is 0 Å². The van der Waals surface area contributed by atoms with E-state index >= 15 is 0 Å². The first kappa shape index (κ1) is 20.0. The van der Waals surface area contributed by atoms with E-state index < -0.39 is 0 Å². The highest BCUT2D eigenvalue weighted by Gasteiger charge is 2.24. The summed E-state index contributed by atoms with van der Waals surface area (Å²) in [5, 5.41) is 9.13. The van der Waals surface area contributed by atoms with Gasteiger partial charge in [-0.1, -0.05) is 26.0 Å². The Kier molecular flexibility index (Phi) is 6.41. The molecule has 0 spiro atoms. The van der Waals surface area contributed by atoms with Gasteiger partial charge in [-0.15, -0.1) is 0 Å². The van der Waals surface area contributed by atoms with E-state index in [0.717, 1.165) is 24.1 Å². The van der Waals surface area contributed by atoms with Crippen LogP contribution in [0.25, 0.3) is 0 Å². The van der Waals surface area contributed by atoms with Crippen LogP contribution in [0.5, 0.6) is 0 Å². The molecule has 3 rings (SSSR count). The summed E-state index contributed by atoms with van der Waals surface area (Å²) in [6.45, 7) is 6.40. The summed E-state index contributed by atoms with van der Waals surface area (Å²) in [6, 6.07) is 11.3. The van der Waals surface area contributed by atoms with Crippen molar-refractivity contribution in [3.63, 3.8) is 0 Å². The van der Waals surface area contributed by atoms with Gasteiger partial charge in [0.15, 0.2) is 0 Å². The van der Waals surface area contributed by atoms with Crippen LogP contribution in [0, 0.1) is 12.8 Å². The van der Waals surface area contributed by atoms with E-state index in [-0.39, 0.29) is 30.3 Å². The second-order valence-corrected chi connectivity index (χ2v) is 7.68. The van der Waals surface area contributed by atoms with E-state index in [1.807, 2.05) is 19.1 Å². The summed E-state index contributed by atoms with van der Waals surface area (Å²) in [7, 11) is 0. The van der Waals surface area contributed by atoms with Gasteiger partial charge in [0, 0.05) is 23.5 Å². The summed E-state index contributed by atoms with van der Waals surface area (Å²) in [4.78, 5) is 29.1. The van der Waals surface area contributed by atoms with Gasteiger partial charge in [0.25, 0.3) is 5.91 Å². The number of anilines is 1. The molecule has 1 aromatic heterocycles. The van der Waals surface area contributed by atoms with Crippen LogP contribution in [-0.2, 0) is 4.79 Å². The van der Waals surface area contributed by atoms with Crippen molar-refractivity contribution in [2.75, 3.05) is 11.9 Å². The van der Waals surface area contributed by atoms with Crippen LogP contribution < -0.4 is 16.0 Å². The van der Waals surface area contributed by atoms with E-state index in [1.54, 1.807) is 30.5 Å². The third kappa shape index (κ3) is 5.39. The Labute approximate surface area is 166 Å². The SMILES string of the molecule is Cc1cccnc1C(NCC(=O)Nc1cccc(C(=O)NC2CC2)c1)C(C)C. The third-order valence-corrected chi connectivity index (χ3v) is 4.81. The molecule has 1 atom stereocenters. The molecule has 0 bridgehead atoms. The zero-order valence-electron chi connectivity index (χ0n) is 16.7. The Morgan fingerprint density at radius 2 is 1.96 bits per heavy atom. The highest BCUT2D eigenvalue weighted by molar-refractivity contribution is 5.97. The Bertz CT molecular complexity index is 846. The largest absolute Gasteiger partial charge is 0.349 e. The number of pyridine rings is 1. The summed E-state index contributed by atoms with van der Waals surface area (Å²) >= 11 is 0. The number of nitrogens with zero attached hydrogens (tertiary/aromatic N) is 1. The molecule has 1 aromatic carbocycles. The average Bonchev–Trinajstić information content (AvgIpc) is 3.47. The predicted molar refractivity (Wildman–Crippen MR) is 110 cm³/mol. The molecular formula is C22H28N4O2. The molecule has 1 unspecified atom stereocenters. The van der Waals surface area contributed by atoms with Crippen LogP contribution in [-0.4, -0.2) is 29.4 Å². The molecule has 28 heavy (non-hydrogen) atoms. The van der Waals surface area contributed by atoms with Crippen molar-refractivity contribution < 1.29 is 9.59 Å². The minimum absolute atomic E-state index is 0.0115. The van der Waals surface area contributed by atoms with Gasteiger partial charge < -0.3 is 10.6 Å². The van der Waals surface area contributed by atoms with Crippen LogP contribution >= 0.6 is 0 Å². The summed E-state index contributed by atoms with van der Waals surface area (Å²) in [6.07, 6.45) is 3.86. The van der Waals surface area contributed by atoms with E-state index in [2.05, 4.69) is 34.8 Å². The smallest absolute Gasteiger partial charge is 0.251 e. The molecule has 1 aliphatic carbocycles. The minimum Gasteiger partial charge on any atom is -0.349 e. The maximum absolute atomic E-state index is 12.4. The van der Waals surface area contributed by atoms with Gasteiger partial charge in [-0.05, 0) is 55.5 Å². The second-order valence-electron chi connectivity index (χ2n) is 7.68. The van der Waals surface area contributed by atoms with E-state index in [9.17, 15) is 9.59 Å². The molecule has 0 radical (unpaired) electrons.